The fourth-order valence-electron chi connectivity index (χ4n) is 0.957. The van der Waals surface area contributed by atoms with Crippen molar-refractivity contribution in [3.8, 4) is 0 Å². The average molecular weight is 209 g/mol. The lowest BCUT2D eigenvalue weighted by Gasteiger charge is -1.94. The first-order valence-corrected chi connectivity index (χ1v) is 4.87. The van der Waals surface area contributed by atoms with Crippen LogP contribution in [-0.2, 0) is 4.74 Å². The lowest BCUT2D eigenvalue weighted by molar-refractivity contribution is 0.0526. The maximum Gasteiger partial charge on any atom is 0.367 e. The van der Waals surface area contributed by atoms with Crippen molar-refractivity contribution in [2.75, 3.05) is 6.61 Å². The van der Waals surface area contributed by atoms with Gasteiger partial charge in [-0.2, -0.15) is 0 Å². The third kappa shape index (κ3) is 1.56. The van der Waals surface area contributed by atoms with Crippen LogP contribution in [-0.4, -0.2) is 27.5 Å². The van der Waals surface area contributed by atoms with Crippen LogP contribution < -0.4 is 0 Å². The first-order chi connectivity index (χ1) is 6.81. The van der Waals surface area contributed by atoms with Crippen LogP contribution in [0.3, 0.4) is 0 Å². The number of esters is 1. The summed E-state index contributed by atoms with van der Waals surface area (Å²) in [4.78, 5) is 23.9. The molecule has 2 heterocycles. The topological polar surface area (TPSA) is 65.0 Å². The highest BCUT2D eigenvalue weighted by Crippen LogP contribution is 2.17. The van der Waals surface area contributed by atoms with E-state index in [0.717, 1.165) is 0 Å². The van der Waals surface area contributed by atoms with Crippen LogP contribution in [0.1, 0.15) is 16.7 Å². The van der Waals surface area contributed by atoms with Gasteiger partial charge in [-0.25, -0.2) is 19.7 Å². The first-order valence-electron chi connectivity index (χ1n) is 4.06. The molecule has 0 N–H and O–H groups in total. The Balaban J connectivity index is 2.40. The number of nitrogens with zero attached hydrogens (tertiary/aromatic N) is 3. The summed E-state index contributed by atoms with van der Waals surface area (Å²) in [5, 5.41) is 0.299. The average Bonchev–Trinajstić information content (AvgIpc) is 2.61. The van der Waals surface area contributed by atoms with Gasteiger partial charge < -0.3 is 4.74 Å². The molecule has 0 aliphatic carbocycles. The molecule has 0 saturated heterocycles. The van der Waals surface area contributed by atoms with Gasteiger partial charge in [-0.1, -0.05) is 11.3 Å². The van der Waals surface area contributed by atoms with Crippen LogP contribution in [0.25, 0.3) is 10.5 Å². The van der Waals surface area contributed by atoms with Crippen molar-refractivity contribution in [3.05, 3.63) is 17.4 Å². The molecular weight excluding hydrogens is 202 g/mol. The molecule has 2 aromatic heterocycles. The summed E-state index contributed by atoms with van der Waals surface area (Å²) in [6.07, 6.45) is 3.10. The van der Waals surface area contributed by atoms with Crippen molar-refractivity contribution in [2.24, 2.45) is 0 Å². The molecule has 0 bridgehead atoms. The van der Waals surface area contributed by atoms with Gasteiger partial charge in [0.25, 0.3) is 0 Å². The molecule has 2 aromatic rings. The van der Waals surface area contributed by atoms with Crippen molar-refractivity contribution in [2.45, 2.75) is 6.92 Å². The van der Waals surface area contributed by atoms with Crippen LogP contribution in [0, 0.1) is 0 Å². The zero-order valence-corrected chi connectivity index (χ0v) is 8.24. The Morgan fingerprint density at radius 1 is 1.50 bits per heavy atom. The van der Waals surface area contributed by atoms with Gasteiger partial charge in [-0.15, -0.1) is 0 Å². The predicted molar refractivity (Wildman–Crippen MR) is 51.2 cm³/mol. The molecule has 72 valence electrons. The Morgan fingerprint density at radius 3 is 3.00 bits per heavy atom. The number of hydrogen-bond acceptors (Lipinski definition) is 6. The van der Waals surface area contributed by atoms with E-state index in [1.54, 1.807) is 13.1 Å². The van der Waals surface area contributed by atoms with E-state index in [4.69, 9.17) is 4.74 Å². The zero-order valence-electron chi connectivity index (χ0n) is 7.43. The number of rotatable bonds is 2. The Labute approximate surface area is 83.8 Å². The molecular formula is C8H7N3O2S. The Hall–Kier alpha value is -1.56. The van der Waals surface area contributed by atoms with E-state index >= 15 is 0 Å². The van der Waals surface area contributed by atoms with Gasteiger partial charge >= 0.3 is 5.97 Å². The van der Waals surface area contributed by atoms with Crippen LogP contribution in [0.15, 0.2) is 12.4 Å². The van der Waals surface area contributed by atoms with Gasteiger partial charge in [0.05, 0.1) is 6.61 Å². The SMILES string of the molecule is CCOC(=O)c1nc2nccnc2s1. The maximum atomic E-state index is 11.3. The highest BCUT2D eigenvalue weighted by Gasteiger charge is 2.13. The monoisotopic (exact) mass is 209 g/mol. The van der Waals surface area contributed by atoms with E-state index in [1.807, 2.05) is 0 Å². The van der Waals surface area contributed by atoms with Crippen molar-refractivity contribution in [1.82, 2.24) is 15.0 Å². The minimum atomic E-state index is -0.419. The summed E-state index contributed by atoms with van der Waals surface area (Å²) in [7, 11) is 0. The summed E-state index contributed by atoms with van der Waals surface area (Å²) in [5.41, 5.74) is 0.487. The van der Waals surface area contributed by atoms with Crippen molar-refractivity contribution in [3.63, 3.8) is 0 Å². The summed E-state index contributed by atoms with van der Waals surface area (Å²) >= 11 is 1.19. The molecule has 0 spiro atoms. The summed E-state index contributed by atoms with van der Waals surface area (Å²) in [6, 6.07) is 0. The fraction of sp³-hybridized carbons (Fsp3) is 0.250. The van der Waals surface area contributed by atoms with E-state index < -0.39 is 5.97 Å². The zero-order chi connectivity index (χ0) is 9.97. The predicted octanol–water partition coefficient (Wildman–Crippen LogP) is 1.26. The molecule has 0 unspecified atom stereocenters. The van der Waals surface area contributed by atoms with E-state index in [1.165, 1.54) is 17.5 Å². The van der Waals surface area contributed by atoms with Gasteiger partial charge in [0.2, 0.25) is 5.01 Å². The van der Waals surface area contributed by atoms with Gasteiger partial charge in [-0.3, -0.25) is 0 Å². The van der Waals surface area contributed by atoms with Crippen LogP contribution in [0.5, 0.6) is 0 Å². The van der Waals surface area contributed by atoms with Gasteiger partial charge in [-0.05, 0) is 6.92 Å². The number of fused-ring (bicyclic) bond motifs is 1. The molecule has 0 aliphatic heterocycles. The molecule has 0 radical (unpaired) electrons. The molecule has 0 aromatic carbocycles. The number of hydrogen-bond donors (Lipinski definition) is 0. The number of ether oxygens (including phenoxy) is 1. The van der Waals surface area contributed by atoms with Crippen LogP contribution in [0.2, 0.25) is 0 Å². The van der Waals surface area contributed by atoms with Gasteiger partial charge in [0.1, 0.15) is 0 Å². The van der Waals surface area contributed by atoms with E-state index in [9.17, 15) is 4.79 Å². The summed E-state index contributed by atoms with van der Waals surface area (Å²) < 4.78 is 4.81. The lowest BCUT2D eigenvalue weighted by Crippen LogP contribution is -2.03. The highest BCUT2D eigenvalue weighted by molar-refractivity contribution is 7.19. The van der Waals surface area contributed by atoms with E-state index in [-0.39, 0.29) is 0 Å². The first kappa shape index (κ1) is 9.01. The fourth-order valence-corrected chi connectivity index (χ4v) is 1.72. The molecule has 0 saturated carbocycles. The normalized spacial score (nSPS) is 10.4. The standard InChI is InChI=1S/C8H7N3O2S/c1-2-13-8(12)7-11-5-6(14-7)10-4-3-9-5/h3-4H,2H2,1H3. The molecule has 0 aliphatic rings. The quantitative estimate of drug-likeness (QED) is 0.697. The van der Waals surface area contributed by atoms with Crippen LogP contribution >= 0.6 is 11.3 Å². The summed E-state index contributed by atoms with van der Waals surface area (Å²) in [5.74, 6) is -0.419. The molecule has 5 nitrogen and oxygen atoms in total. The van der Waals surface area contributed by atoms with Crippen molar-refractivity contribution in [1.29, 1.82) is 0 Å². The number of thiazole rings is 1. The molecule has 0 atom stereocenters. The molecule has 14 heavy (non-hydrogen) atoms. The number of carbonyl (C=O) groups excluding carboxylic acids is 1. The second-order valence-electron chi connectivity index (χ2n) is 2.42. The number of carbonyl (C=O) groups is 1. The van der Waals surface area contributed by atoms with E-state index in [2.05, 4.69) is 15.0 Å². The summed E-state index contributed by atoms with van der Waals surface area (Å²) in [6.45, 7) is 2.09. The van der Waals surface area contributed by atoms with Gasteiger partial charge in [0.15, 0.2) is 10.5 Å². The highest BCUT2D eigenvalue weighted by atomic mass is 32.1. The van der Waals surface area contributed by atoms with Crippen molar-refractivity contribution < 1.29 is 9.53 Å². The van der Waals surface area contributed by atoms with Crippen molar-refractivity contribution >= 4 is 27.8 Å². The molecule has 2 rings (SSSR count). The smallest absolute Gasteiger partial charge is 0.367 e. The molecule has 0 fully saturated rings. The van der Waals surface area contributed by atoms with Gasteiger partial charge in [0, 0.05) is 12.4 Å². The Kier molecular flexibility index (Phi) is 2.36. The molecule has 0 amide bonds. The maximum absolute atomic E-state index is 11.3. The second kappa shape index (κ2) is 3.67. The molecule has 6 heteroatoms. The minimum Gasteiger partial charge on any atom is -0.461 e. The number of aromatic nitrogens is 3. The van der Waals surface area contributed by atoms with Crippen LogP contribution in [0.4, 0.5) is 0 Å². The Bertz CT molecular complexity index is 435. The lowest BCUT2D eigenvalue weighted by atomic mass is 10.6. The second-order valence-corrected chi connectivity index (χ2v) is 3.40. The minimum absolute atomic E-state index is 0.299. The third-order valence-electron chi connectivity index (χ3n) is 1.50. The largest absolute Gasteiger partial charge is 0.461 e. The Morgan fingerprint density at radius 2 is 2.29 bits per heavy atom. The third-order valence-corrected chi connectivity index (χ3v) is 2.43. The van der Waals surface area contributed by atoms with E-state index in [0.29, 0.717) is 22.1 Å².